The van der Waals surface area contributed by atoms with E-state index in [4.69, 9.17) is 20.9 Å². The van der Waals surface area contributed by atoms with Crippen molar-refractivity contribution in [3.8, 4) is 5.75 Å². The first-order chi connectivity index (χ1) is 8.32. The summed E-state index contributed by atoms with van der Waals surface area (Å²) in [4.78, 5) is 11.0. The van der Waals surface area contributed by atoms with Crippen LogP contribution in [0.2, 0.25) is 0 Å². The second-order valence-electron chi connectivity index (χ2n) is 4.07. The monoisotopic (exact) mass is 291 g/mol. The molecular formula is C11H15ClNO4P. The predicted molar refractivity (Wildman–Crippen MR) is 69.9 cm³/mol. The summed E-state index contributed by atoms with van der Waals surface area (Å²) in [5, 5.41) is 11.3. The molecule has 5 nitrogen and oxygen atoms in total. The smallest absolute Gasteiger partial charge is 0.409 e. The summed E-state index contributed by atoms with van der Waals surface area (Å²) >= 11 is 5.71. The van der Waals surface area contributed by atoms with Crippen LogP contribution in [0.1, 0.15) is 13.8 Å². The quantitative estimate of drug-likeness (QED) is 0.788. The molecule has 2 atom stereocenters. The minimum atomic E-state index is -3.74. The molecule has 0 aliphatic carbocycles. The van der Waals surface area contributed by atoms with Crippen LogP contribution in [0.4, 0.5) is 0 Å². The van der Waals surface area contributed by atoms with Crippen LogP contribution in [0.15, 0.2) is 30.3 Å². The van der Waals surface area contributed by atoms with Gasteiger partial charge in [-0.2, -0.15) is 0 Å². The lowest BCUT2D eigenvalue weighted by atomic mass is 10.1. The van der Waals surface area contributed by atoms with E-state index in [-0.39, 0.29) is 5.92 Å². The van der Waals surface area contributed by atoms with E-state index in [2.05, 4.69) is 5.09 Å². The van der Waals surface area contributed by atoms with Gasteiger partial charge in [0, 0.05) is 11.2 Å². The topological polar surface area (TPSA) is 75.6 Å². The highest BCUT2D eigenvalue weighted by molar-refractivity contribution is 7.84. The lowest BCUT2D eigenvalue weighted by molar-refractivity contribution is -0.140. The van der Waals surface area contributed by atoms with Crippen molar-refractivity contribution in [3.63, 3.8) is 0 Å². The summed E-state index contributed by atoms with van der Waals surface area (Å²) in [6.45, 7) is -0.366. The molecule has 100 valence electrons. The number of hydrogen-bond donors (Lipinski definition) is 2. The van der Waals surface area contributed by atoms with E-state index in [9.17, 15) is 9.36 Å². The van der Waals surface area contributed by atoms with Gasteiger partial charge >= 0.3 is 12.8 Å². The molecule has 0 radical (unpaired) electrons. The second kappa shape index (κ2) is 6.23. The molecule has 0 spiro atoms. The number of nitrogens with one attached hydrogen (secondary N) is 1. The fraction of sp³-hybridized carbons (Fsp3) is 0.364. The van der Waals surface area contributed by atoms with Crippen LogP contribution in [-0.2, 0) is 9.36 Å². The molecule has 0 fully saturated rings. The average molecular weight is 292 g/mol. The largest absolute Gasteiger partial charge is 0.480 e. The van der Waals surface area contributed by atoms with Gasteiger partial charge in [0.15, 0.2) is 0 Å². The third-order valence-electron chi connectivity index (χ3n) is 2.19. The molecule has 1 aromatic carbocycles. The highest BCUT2D eigenvalue weighted by Crippen LogP contribution is 2.48. The van der Waals surface area contributed by atoms with Crippen LogP contribution in [0.3, 0.4) is 0 Å². The molecule has 0 bridgehead atoms. The van der Waals surface area contributed by atoms with E-state index in [0.29, 0.717) is 5.75 Å². The SMILES string of the molecule is CC(C)[C@H](NP(=O)(Cl)Oc1ccccc1)C(=O)O. The Bertz CT molecular complexity index is 452. The van der Waals surface area contributed by atoms with Gasteiger partial charge in [0.05, 0.1) is 0 Å². The Kier molecular flexibility index (Phi) is 5.20. The number of benzene rings is 1. The van der Waals surface area contributed by atoms with Crippen molar-refractivity contribution in [1.29, 1.82) is 0 Å². The molecule has 0 saturated heterocycles. The van der Waals surface area contributed by atoms with Crippen LogP contribution in [0.5, 0.6) is 5.75 Å². The fourth-order valence-corrected chi connectivity index (χ4v) is 3.04. The van der Waals surface area contributed by atoms with Crippen LogP contribution in [0.25, 0.3) is 0 Å². The Morgan fingerprint density at radius 1 is 1.39 bits per heavy atom. The maximum Gasteiger partial charge on any atom is 0.409 e. The van der Waals surface area contributed by atoms with Crippen molar-refractivity contribution < 1.29 is 19.0 Å². The van der Waals surface area contributed by atoms with E-state index in [1.807, 2.05) is 0 Å². The van der Waals surface area contributed by atoms with Crippen molar-refractivity contribution in [2.45, 2.75) is 19.9 Å². The Hall–Kier alpha value is -1.03. The molecule has 1 aromatic rings. The number of carbonyl (C=O) groups is 1. The minimum absolute atomic E-state index is 0.269. The van der Waals surface area contributed by atoms with E-state index in [1.165, 1.54) is 0 Å². The third-order valence-corrected chi connectivity index (χ3v) is 3.72. The second-order valence-corrected chi connectivity index (χ2v) is 6.81. The van der Waals surface area contributed by atoms with Crippen molar-refractivity contribution in [1.82, 2.24) is 5.09 Å². The van der Waals surface area contributed by atoms with Crippen LogP contribution in [0, 0.1) is 5.92 Å². The molecule has 0 aliphatic rings. The fourth-order valence-electron chi connectivity index (χ4n) is 1.30. The third kappa shape index (κ3) is 4.69. The number of hydrogen-bond acceptors (Lipinski definition) is 3. The van der Waals surface area contributed by atoms with Crippen LogP contribution in [-0.4, -0.2) is 17.1 Å². The summed E-state index contributed by atoms with van der Waals surface area (Å²) in [6.07, 6.45) is 0. The molecule has 0 aliphatic heterocycles. The van der Waals surface area contributed by atoms with Crippen molar-refractivity contribution in [3.05, 3.63) is 30.3 Å². The number of halogens is 1. The number of rotatable bonds is 6. The standard InChI is InChI=1S/C11H15ClNO4P/c1-8(2)10(11(14)15)13-18(12,16)17-9-6-4-3-5-7-9/h3-8,10H,1-2H3,(H,13,16)(H,14,15)/t10-,18?/m0/s1. The molecule has 0 heterocycles. The highest BCUT2D eigenvalue weighted by Gasteiger charge is 2.31. The Morgan fingerprint density at radius 3 is 2.39 bits per heavy atom. The summed E-state index contributed by atoms with van der Waals surface area (Å²) in [5.41, 5.74) is 0. The number of carboxylic acid groups (broad SMARTS) is 1. The van der Waals surface area contributed by atoms with Gasteiger partial charge in [-0.25, -0.2) is 9.65 Å². The molecule has 0 amide bonds. The molecule has 1 rings (SSSR count). The van der Waals surface area contributed by atoms with Crippen LogP contribution >= 0.6 is 18.1 Å². The first-order valence-electron chi connectivity index (χ1n) is 5.37. The number of para-hydroxylation sites is 1. The van der Waals surface area contributed by atoms with Gasteiger partial charge in [-0.1, -0.05) is 32.0 Å². The summed E-state index contributed by atoms with van der Waals surface area (Å²) in [6, 6.07) is 7.31. The van der Waals surface area contributed by atoms with Gasteiger partial charge in [-0.05, 0) is 18.1 Å². The summed E-state index contributed by atoms with van der Waals surface area (Å²) < 4.78 is 17.1. The van der Waals surface area contributed by atoms with Crippen LogP contribution < -0.4 is 9.61 Å². The minimum Gasteiger partial charge on any atom is -0.480 e. The Labute approximate surface area is 110 Å². The lowest BCUT2D eigenvalue weighted by Gasteiger charge is -2.21. The van der Waals surface area contributed by atoms with Crippen molar-refractivity contribution in [2.24, 2.45) is 5.92 Å². The maximum absolute atomic E-state index is 12.0. The maximum atomic E-state index is 12.0. The number of carboxylic acids is 1. The van der Waals surface area contributed by atoms with Gasteiger partial charge < -0.3 is 9.63 Å². The summed E-state index contributed by atoms with van der Waals surface area (Å²) in [5.74, 6) is -1.08. The molecule has 7 heteroatoms. The summed E-state index contributed by atoms with van der Waals surface area (Å²) in [7, 11) is 0. The molecule has 18 heavy (non-hydrogen) atoms. The highest BCUT2D eigenvalue weighted by atomic mass is 35.7. The van der Waals surface area contributed by atoms with E-state index in [1.54, 1.807) is 44.2 Å². The van der Waals surface area contributed by atoms with E-state index in [0.717, 1.165) is 0 Å². The van der Waals surface area contributed by atoms with Gasteiger partial charge in [0.2, 0.25) is 0 Å². The Morgan fingerprint density at radius 2 is 1.94 bits per heavy atom. The molecule has 2 N–H and O–H groups in total. The average Bonchev–Trinajstić information content (AvgIpc) is 2.26. The molecule has 1 unspecified atom stereocenters. The normalized spacial score (nSPS) is 16.0. The van der Waals surface area contributed by atoms with Gasteiger partial charge in [0.25, 0.3) is 0 Å². The van der Waals surface area contributed by atoms with Crippen molar-refractivity contribution in [2.75, 3.05) is 0 Å². The van der Waals surface area contributed by atoms with Gasteiger partial charge in [0.1, 0.15) is 11.8 Å². The van der Waals surface area contributed by atoms with Gasteiger partial charge in [-0.15, -0.1) is 0 Å². The van der Waals surface area contributed by atoms with Crippen molar-refractivity contribution >= 4 is 24.1 Å². The first-order valence-corrected chi connectivity index (χ1v) is 7.90. The zero-order valence-corrected chi connectivity index (χ0v) is 11.7. The van der Waals surface area contributed by atoms with E-state index < -0.39 is 18.9 Å². The zero-order valence-electron chi connectivity index (χ0n) is 10.0. The number of aliphatic carboxylic acids is 1. The zero-order chi connectivity index (χ0) is 13.8. The molecule has 0 saturated carbocycles. The predicted octanol–water partition coefficient (Wildman–Crippen LogP) is 3.11. The van der Waals surface area contributed by atoms with Gasteiger partial charge in [-0.3, -0.25) is 4.79 Å². The van der Waals surface area contributed by atoms with E-state index >= 15 is 0 Å². The molecular weight excluding hydrogens is 277 g/mol. The lowest BCUT2D eigenvalue weighted by Crippen LogP contribution is -2.38. The molecule has 0 aromatic heterocycles. The first kappa shape index (κ1) is 15.0. The Balaban J connectivity index is 2.75.